The second kappa shape index (κ2) is 10.7. The van der Waals surface area contributed by atoms with Crippen LogP contribution < -0.4 is 10.6 Å². The van der Waals surface area contributed by atoms with E-state index in [0.29, 0.717) is 0 Å². The zero-order chi connectivity index (χ0) is 16.6. The standard InChI is InChI=1S/C18H25N5S.HI/c1-19-18(21-9-5-16-4-2-3-8-20-16)22-10-12-23-11-6-17-15(14-23)7-13-24-17;/h2-4,7-8,13H,5-6,9-12,14H2,1H3,(H2,19,21,22);1H. The monoisotopic (exact) mass is 471 g/mol. The van der Waals surface area contributed by atoms with E-state index in [1.165, 1.54) is 12.0 Å². The number of aliphatic imine (C=N–C) groups is 1. The second-order valence-corrected chi connectivity index (χ2v) is 6.89. The molecule has 0 unspecified atom stereocenters. The molecule has 0 fully saturated rings. The molecule has 2 N–H and O–H groups in total. The molecule has 0 radical (unpaired) electrons. The van der Waals surface area contributed by atoms with Crippen LogP contribution in [0.1, 0.15) is 16.1 Å². The fourth-order valence-corrected chi connectivity index (χ4v) is 3.80. The lowest BCUT2D eigenvalue weighted by atomic mass is 10.1. The quantitative estimate of drug-likeness (QED) is 0.387. The summed E-state index contributed by atoms with van der Waals surface area (Å²) in [5.41, 5.74) is 2.60. The third-order valence-corrected chi connectivity index (χ3v) is 5.25. The maximum atomic E-state index is 4.33. The molecule has 0 aliphatic carbocycles. The molecule has 2 aromatic heterocycles. The van der Waals surface area contributed by atoms with E-state index in [-0.39, 0.29) is 24.0 Å². The summed E-state index contributed by atoms with van der Waals surface area (Å²) in [6.07, 6.45) is 3.92. The summed E-state index contributed by atoms with van der Waals surface area (Å²) in [5.74, 6) is 0.860. The summed E-state index contributed by atoms with van der Waals surface area (Å²) >= 11 is 1.89. The highest BCUT2D eigenvalue weighted by Crippen LogP contribution is 2.23. The van der Waals surface area contributed by atoms with Gasteiger partial charge in [0.05, 0.1) is 0 Å². The van der Waals surface area contributed by atoms with Crippen molar-refractivity contribution in [1.82, 2.24) is 20.5 Å². The Hall–Kier alpha value is -1.19. The lowest BCUT2D eigenvalue weighted by molar-refractivity contribution is 0.260. The van der Waals surface area contributed by atoms with Crippen LogP contribution in [0.25, 0.3) is 0 Å². The molecule has 3 heterocycles. The van der Waals surface area contributed by atoms with Crippen LogP contribution in [0.4, 0.5) is 0 Å². The minimum atomic E-state index is 0. The Morgan fingerprint density at radius 1 is 1.28 bits per heavy atom. The number of hydrogen-bond acceptors (Lipinski definition) is 4. The van der Waals surface area contributed by atoms with Gasteiger partial charge in [0.15, 0.2) is 5.96 Å². The van der Waals surface area contributed by atoms with Crippen molar-refractivity contribution in [2.75, 3.05) is 33.2 Å². The van der Waals surface area contributed by atoms with Crippen molar-refractivity contribution in [1.29, 1.82) is 0 Å². The van der Waals surface area contributed by atoms with E-state index in [2.05, 4.69) is 37.0 Å². The Balaban J connectivity index is 0.00000225. The Bertz CT molecular complexity index is 658. The summed E-state index contributed by atoms with van der Waals surface area (Å²) < 4.78 is 0. The van der Waals surface area contributed by atoms with Crippen LogP contribution in [0.2, 0.25) is 0 Å². The minimum Gasteiger partial charge on any atom is -0.356 e. The third-order valence-electron chi connectivity index (χ3n) is 4.23. The van der Waals surface area contributed by atoms with Gasteiger partial charge in [-0.3, -0.25) is 14.9 Å². The minimum absolute atomic E-state index is 0. The lowest BCUT2D eigenvalue weighted by Crippen LogP contribution is -2.43. The highest BCUT2D eigenvalue weighted by molar-refractivity contribution is 14.0. The van der Waals surface area contributed by atoms with Gasteiger partial charge in [-0.2, -0.15) is 0 Å². The molecule has 136 valence electrons. The molecule has 0 aromatic carbocycles. The number of aromatic nitrogens is 1. The topological polar surface area (TPSA) is 52.6 Å². The molecule has 0 saturated carbocycles. The number of hydrogen-bond donors (Lipinski definition) is 2. The molecule has 7 heteroatoms. The van der Waals surface area contributed by atoms with Gasteiger partial charge >= 0.3 is 0 Å². The van der Waals surface area contributed by atoms with Gasteiger partial charge in [-0.25, -0.2) is 0 Å². The van der Waals surface area contributed by atoms with Gasteiger partial charge in [-0.05, 0) is 35.6 Å². The SMILES string of the molecule is CN=C(NCCc1ccccn1)NCCN1CCc2sccc2C1.I. The van der Waals surface area contributed by atoms with Crippen molar-refractivity contribution in [2.24, 2.45) is 4.99 Å². The largest absolute Gasteiger partial charge is 0.356 e. The van der Waals surface area contributed by atoms with E-state index in [9.17, 15) is 0 Å². The highest BCUT2D eigenvalue weighted by Gasteiger charge is 2.16. The molecule has 3 rings (SSSR count). The first kappa shape index (κ1) is 20.1. The van der Waals surface area contributed by atoms with E-state index in [0.717, 1.165) is 50.8 Å². The molecule has 25 heavy (non-hydrogen) atoms. The number of nitrogens with one attached hydrogen (secondary N) is 2. The zero-order valence-corrected chi connectivity index (χ0v) is 17.7. The molecule has 0 bridgehead atoms. The second-order valence-electron chi connectivity index (χ2n) is 5.89. The molecule has 0 saturated heterocycles. The normalized spacial score (nSPS) is 14.5. The van der Waals surface area contributed by atoms with Gasteiger partial charge in [0.1, 0.15) is 0 Å². The predicted octanol–water partition coefficient (Wildman–Crippen LogP) is 2.53. The van der Waals surface area contributed by atoms with Crippen LogP contribution in [0.3, 0.4) is 0 Å². The van der Waals surface area contributed by atoms with Crippen LogP contribution >= 0.6 is 35.3 Å². The molecular formula is C18H26IN5S. The van der Waals surface area contributed by atoms with Gasteiger partial charge in [0.2, 0.25) is 0 Å². The third kappa shape index (κ3) is 6.23. The van der Waals surface area contributed by atoms with E-state index in [1.807, 2.05) is 42.8 Å². The van der Waals surface area contributed by atoms with Gasteiger partial charge in [-0.1, -0.05) is 6.07 Å². The average Bonchev–Trinajstić information content (AvgIpc) is 3.09. The van der Waals surface area contributed by atoms with Crippen molar-refractivity contribution in [3.05, 3.63) is 52.0 Å². The Labute approximate surface area is 171 Å². The maximum Gasteiger partial charge on any atom is 0.191 e. The first-order valence-corrected chi connectivity index (χ1v) is 9.35. The molecule has 0 atom stereocenters. The molecule has 1 aliphatic heterocycles. The number of halogens is 1. The van der Waals surface area contributed by atoms with Crippen molar-refractivity contribution < 1.29 is 0 Å². The van der Waals surface area contributed by atoms with Crippen LogP contribution in [-0.2, 0) is 19.4 Å². The summed E-state index contributed by atoms with van der Waals surface area (Å²) in [5, 5.41) is 8.96. The summed E-state index contributed by atoms with van der Waals surface area (Å²) in [7, 11) is 1.81. The van der Waals surface area contributed by atoms with Gasteiger partial charge in [0, 0.05) is 63.0 Å². The smallest absolute Gasteiger partial charge is 0.191 e. The highest BCUT2D eigenvalue weighted by atomic mass is 127. The number of rotatable bonds is 6. The fourth-order valence-electron chi connectivity index (χ4n) is 2.91. The first-order chi connectivity index (χ1) is 11.8. The van der Waals surface area contributed by atoms with Crippen molar-refractivity contribution in [3.63, 3.8) is 0 Å². The molecular weight excluding hydrogens is 445 g/mol. The molecule has 0 spiro atoms. The van der Waals surface area contributed by atoms with Crippen LogP contribution in [0.5, 0.6) is 0 Å². The summed E-state index contributed by atoms with van der Waals surface area (Å²) in [6.45, 7) is 5.00. The molecule has 0 amide bonds. The van der Waals surface area contributed by atoms with E-state index in [4.69, 9.17) is 0 Å². The Kier molecular flexibility index (Phi) is 8.63. The van der Waals surface area contributed by atoms with Crippen LogP contribution in [-0.4, -0.2) is 49.1 Å². The molecule has 2 aromatic rings. The molecule has 1 aliphatic rings. The fraction of sp³-hybridized carbons (Fsp3) is 0.444. The van der Waals surface area contributed by atoms with Crippen molar-refractivity contribution in [3.8, 4) is 0 Å². The van der Waals surface area contributed by atoms with E-state index in [1.54, 1.807) is 4.88 Å². The van der Waals surface area contributed by atoms with Crippen LogP contribution in [0.15, 0.2) is 40.8 Å². The number of nitrogens with zero attached hydrogens (tertiary/aromatic N) is 3. The van der Waals surface area contributed by atoms with Crippen LogP contribution in [0, 0.1) is 0 Å². The van der Waals surface area contributed by atoms with Gasteiger partial charge in [0.25, 0.3) is 0 Å². The number of pyridine rings is 1. The van der Waals surface area contributed by atoms with E-state index < -0.39 is 0 Å². The van der Waals surface area contributed by atoms with E-state index >= 15 is 0 Å². The summed E-state index contributed by atoms with van der Waals surface area (Å²) in [4.78, 5) is 12.7. The average molecular weight is 471 g/mol. The Morgan fingerprint density at radius 3 is 2.96 bits per heavy atom. The zero-order valence-electron chi connectivity index (χ0n) is 14.6. The predicted molar refractivity (Wildman–Crippen MR) is 116 cm³/mol. The van der Waals surface area contributed by atoms with Gasteiger partial charge in [-0.15, -0.1) is 35.3 Å². The number of thiophene rings is 1. The lowest BCUT2D eigenvalue weighted by Gasteiger charge is -2.27. The summed E-state index contributed by atoms with van der Waals surface area (Å²) in [6, 6.07) is 8.27. The maximum absolute atomic E-state index is 4.33. The van der Waals surface area contributed by atoms with Crippen molar-refractivity contribution >= 4 is 41.3 Å². The van der Waals surface area contributed by atoms with Crippen molar-refractivity contribution in [2.45, 2.75) is 19.4 Å². The molecule has 5 nitrogen and oxygen atoms in total. The number of guanidine groups is 1. The first-order valence-electron chi connectivity index (χ1n) is 8.47. The number of fused-ring (bicyclic) bond motifs is 1. The van der Waals surface area contributed by atoms with Gasteiger partial charge < -0.3 is 10.6 Å². The Morgan fingerprint density at radius 2 is 2.16 bits per heavy atom.